The number of thiocarbonyl (C=S) groups is 1. The molecule has 2 aromatic rings. The Morgan fingerprint density at radius 2 is 1.87 bits per heavy atom. The van der Waals surface area contributed by atoms with E-state index in [-0.39, 0.29) is 27.6 Å². The number of sulfone groups is 1. The Labute approximate surface area is 191 Å². The number of aryl methyl sites for hydroxylation is 1. The summed E-state index contributed by atoms with van der Waals surface area (Å²) < 4.78 is 33.2. The lowest BCUT2D eigenvalue weighted by Crippen LogP contribution is -2.33. The Morgan fingerprint density at radius 3 is 2.45 bits per heavy atom. The van der Waals surface area contributed by atoms with E-state index >= 15 is 0 Å². The van der Waals surface area contributed by atoms with Crippen molar-refractivity contribution in [3.8, 4) is 0 Å². The summed E-state index contributed by atoms with van der Waals surface area (Å²) >= 11 is 6.30. The molecule has 2 fully saturated rings. The van der Waals surface area contributed by atoms with Crippen molar-refractivity contribution in [2.75, 3.05) is 25.0 Å². The largest absolute Gasteiger partial charge is 0.420 e. The summed E-state index contributed by atoms with van der Waals surface area (Å²) in [5, 5.41) is -0.121. The van der Waals surface area contributed by atoms with Gasteiger partial charge in [0.05, 0.1) is 9.80 Å². The van der Waals surface area contributed by atoms with Gasteiger partial charge < -0.3 is 9.32 Å². The highest BCUT2D eigenvalue weighted by Crippen LogP contribution is 2.36. The zero-order valence-electron chi connectivity index (χ0n) is 17.5. The van der Waals surface area contributed by atoms with Gasteiger partial charge in [-0.3, -0.25) is 9.69 Å². The maximum atomic E-state index is 13.4. The van der Waals surface area contributed by atoms with Crippen molar-refractivity contribution in [2.24, 2.45) is 5.92 Å². The molecule has 10 heteroatoms. The maximum absolute atomic E-state index is 13.4. The number of oxazole rings is 1. The first kappa shape index (κ1) is 22.0. The zero-order chi connectivity index (χ0) is 22.3. The number of aromatic nitrogens is 1. The van der Waals surface area contributed by atoms with Crippen LogP contribution in [0.4, 0.5) is 5.88 Å². The summed E-state index contributed by atoms with van der Waals surface area (Å²) in [5.41, 5.74) is 0.964. The van der Waals surface area contributed by atoms with Gasteiger partial charge in [0, 0.05) is 26.2 Å². The van der Waals surface area contributed by atoms with Crippen molar-refractivity contribution in [1.29, 1.82) is 0 Å². The van der Waals surface area contributed by atoms with Crippen LogP contribution in [0.5, 0.6) is 0 Å². The zero-order valence-corrected chi connectivity index (χ0v) is 19.9. The van der Waals surface area contributed by atoms with Gasteiger partial charge in [0.1, 0.15) is 4.32 Å². The highest BCUT2D eigenvalue weighted by molar-refractivity contribution is 8.26. The average molecular weight is 478 g/mol. The number of hydrogen-bond acceptors (Lipinski definition) is 8. The fourth-order valence-corrected chi connectivity index (χ4v) is 5.92. The Kier molecular flexibility index (Phi) is 5.97. The SMILES string of the molecule is Cc1ccc(S(=O)(=O)c2nc(/C=C3\SC(=S)N(C)C3=O)oc2N2CCC(C)CC2)cc1. The molecular weight excluding hydrogens is 454 g/mol. The Morgan fingerprint density at radius 1 is 1.23 bits per heavy atom. The average Bonchev–Trinajstić information content (AvgIpc) is 3.27. The van der Waals surface area contributed by atoms with Gasteiger partial charge in [0.15, 0.2) is 0 Å². The number of amides is 1. The molecule has 0 radical (unpaired) electrons. The van der Waals surface area contributed by atoms with Crippen LogP contribution in [0.2, 0.25) is 0 Å². The lowest BCUT2D eigenvalue weighted by molar-refractivity contribution is -0.121. The molecule has 4 rings (SSSR count). The quantitative estimate of drug-likeness (QED) is 0.485. The molecule has 0 bridgehead atoms. The third kappa shape index (κ3) is 4.28. The minimum absolute atomic E-state index is 0.0771. The van der Waals surface area contributed by atoms with Crippen LogP contribution in [0.1, 0.15) is 31.2 Å². The normalized spacial score (nSPS) is 19.6. The van der Waals surface area contributed by atoms with E-state index in [1.807, 2.05) is 11.8 Å². The highest BCUT2D eigenvalue weighted by atomic mass is 32.2. The molecule has 0 N–H and O–H groups in total. The van der Waals surface area contributed by atoms with Crippen molar-refractivity contribution < 1.29 is 17.6 Å². The van der Waals surface area contributed by atoms with Crippen molar-refractivity contribution in [3.05, 3.63) is 40.6 Å². The van der Waals surface area contributed by atoms with Gasteiger partial charge in [-0.1, -0.05) is 48.6 Å². The van der Waals surface area contributed by atoms with E-state index in [0.717, 1.165) is 30.2 Å². The molecule has 2 saturated heterocycles. The van der Waals surface area contributed by atoms with E-state index in [9.17, 15) is 13.2 Å². The van der Waals surface area contributed by atoms with Crippen molar-refractivity contribution in [3.63, 3.8) is 0 Å². The second-order valence-electron chi connectivity index (χ2n) is 7.89. The van der Waals surface area contributed by atoms with Crippen LogP contribution < -0.4 is 4.90 Å². The summed E-state index contributed by atoms with van der Waals surface area (Å²) in [6, 6.07) is 6.65. The van der Waals surface area contributed by atoms with E-state index in [1.54, 1.807) is 31.3 Å². The number of likely N-dealkylation sites (N-methyl/N-ethyl adjacent to an activating group) is 1. The molecule has 1 aromatic heterocycles. The van der Waals surface area contributed by atoms with Gasteiger partial charge in [0.2, 0.25) is 26.6 Å². The van der Waals surface area contributed by atoms with Gasteiger partial charge in [-0.25, -0.2) is 8.42 Å². The number of rotatable bonds is 4. The Hall–Kier alpha value is -2.17. The number of piperidine rings is 1. The van der Waals surface area contributed by atoms with Crippen LogP contribution in [0.25, 0.3) is 6.08 Å². The number of carbonyl (C=O) groups excluding carboxylic acids is 1. The molecule has 0 aliphatic carbocycles. The third-order valence-electron chi connectivity index (χ3n) is 5.49. The maximum Gasteiger partial charge on any atom is 0.266 e. The fourth-order valence-electron chi connectivity index (χ4n) is 3.45. The second-order valence-corrected chi connectivity index (χ2v) is 11.4. The van der Waals surface area contributed by atoms with Gasteiger partial charge in [-0.15, -0.1) is 0 Å². The first-order valence-electron chi connectivity index (χ1n) is 9.96. The molecule has 3 heterocycles. The molecule has 1 amide bonds. The summed E-state index contributed by atoms with van der Waals surface area (Å²) in [5.74, 6) is 0.616. The number of benzene rings is 1. The van der Waals surface area contributed by atoms with Gasteiger partial charge in [-0.05, 0) is 37.8 Å². The minimum atomic E-state index is -3.90. The van der Waals surface area contributed by atoms with E-state index < -0.39 is 9.84 Å². The third-order valence-corrected chi connectivity index (χ3v) is 8.65. The van der Waals surface area contributed by atoms with Crippen molar-refractivity contribution >= 4 is 56.0 Å². The predicted molar refractivity (Wildman–Crippen MR) is 125 cm³/mol. The van der Waals surface area contributed by atoms with Crippen LogP contribution >= 0.6 is 24.0 Å². The second kappa shape index (κ2) is 8.40. The molecule has 7 nitrogen and oxygen atoms in total. The van der Waals surface area contributed by atoms with E-state index in [4.69, 9.17) is 16.6 Å². The summed E-state index contributed by atoms with van der Waals surface area (Å²) in [6.07, 6.45) is 3.34. The van der Waals surface area contributed by atoms with E-state index in [1.165, 1.54) is 11.0 Å². The van der Waals surface area contributed by atoms with Crippen molar-refractivity contribution in [2.45, 2.75) is 36.6 Å². The lowest BCUT2D eigenvalue weighted by Gasteiger charge is -2.30. The molecule has 0 spiro atoms. The topological polar surface area (TPSA) is 83.7 Å². The van der Waals surface area contributed by atoms with Gasteiger partial charge in [-0.2, -0.15) is 4.98 Å². The van der Waals surface area contributed by atoms with E-state index in [2.05, 4.69) is 11.9 Å². The molecule has 1 aromatic carbocycles. The van der Waals surface area contributed by atoms with Crippen molar-refractivity contribution in [1.82, 2.24) is 9.88 Å². The molecule has 31 heavy (non-hydrogen) atoms. The van der Waals surface area contributed by atoms with Crippen LogP contribution in [0.15, 0.2) is 43.5 Å². The van der Waals surface area contributed by atoms with Crippen LogP contribution in [0.3, 0.4) is 0 Å². The molecular formula is C21H23N3O4S3. The van der Waals surface area contributed by atoms with Gasteiger partial charge in [0.25, 0.3) is 5.91 Å². The van der Waals surface area contributed by atoms with Gasteiger partial charge >= 0.3 is 0 Å². The number of thioether (sulfide) groups is 1. The number of hydrogen-bond donors (Lipinski definition) is 0. The molecule has 0 atom stereocenters. The van der Waals surface area contributed by atoms with E-state index in [0.29, 0.717) is 28.2 Å². The Bertz CT molecular complexity index is 1160. The Balaban J connectivity index is 1.79. The van der Waals surface area contributed by atoms with Crippen LogP contribution in [0, 0.1) is 12.8 Å². The molecule has 0 saturated carbocycles. The predicted octanol–water partition coefficient (Wildman–Crippen LogP) is 3.88. The monoisotopic (exact) mass is 477 g/mol. The number of carbonyl (C=O) groups is 1. The molecule has 2 aliphatic rings. The first-order chi connectivity index (χ1) is 14.7. The standard InChI is InChI=1S/C21H23N3O4S3/c1-13-4-6-15(7-5-13)31(26,27)18-20(24-10-8-14(2)9-11-24)28-17(22-18)12-16-19(25)23(3)21(29)30-16/h4-7,12,14H,8-11H2,1-3H3/b16-12-. The molecule has 164 valence electrons. The fraction of sp³-hybridized carbons (Fsp3) is 0.381. The first-order valence-corrected chi connectivity index (χ1v) is 12.7. The number of anilines is 1. The lowest BCUT2D eigenvalue weighted by atomic mass is 9.99. The summed E-state index contributed by atoms with van der Waals surface area (Å²) in [4.78, 5) is 20.5. The van der Waals surface area contributed by atoms with Crippen LogP contribution in [-0.4, -0.2) is 48.7 Å². The minimum Gasteiger partial charge on any atom is -0.420 e. The summed E-state index contributed by atoms with van der Waals surface area (Å²) in [7, 11) is -2.30. The van der Waals surface area contributed by atoms with Crippen LogP contribution in [-0.2, 0) is 14.6 Å². The smallest absolute Gasteiger partial charge is 0.266 e. The summed E-state index contributed by atoms with van der Waals surface area (Å²) in [6.45, 7) is 5.45. The number of nitrogens with zero attached hydrogens (tertiary/aromatic N) is 3. The highest BCUT2D eigenvalue weighted by Gasteiger charge is 2.34. The molecule has 0 unspecified atom stereocenters. The molecule has 2 aliphatic heterocycles.